The SMILES string of the molecule is COCc1nnn(C)c1Br. The molecule has 0 bridgehead atoms. The molecular formula is C5H8BrN3O. The topological polar surface area (TPSA) is 39.9 Å². The summed E-state index contributed by atoms with van der Waals surface area (Å²) in [6.07, 6.45) is 0. The monoisotopic (exact) mass is 205 g/mol. The van der Waals surface area contributed by atoms with E-state index in [1.165, 1.54) is 0 Å². The lowest BCUT2D eigenvalue weighted by molar-refractivity contribution is 0.181. The molecule has 0 saturated heterocycles. The second-order valence-electron chi connectivity index (χ2n) is 1.88. The maximum atomic E-state index is 4.88. The number of rotatable bonds is 2. The number of nitrogens with zero attached hydrogens (tertiary/aromatic N) is 3. The zero-order valence-electron chi connectivity index (χ0n) is 5.83. The summed E-state index contributed by atoms with van der Waals surface area (Å²) in [6.45, 7) is 0.494. The van der Waals surface area contributed by atoms with Gasteiger partial charge in [0.05, 0.1) is 6.61 Å². The Labute approximate surface area is 67.3 Å². The molecule has 1 aromatic heterocycles. The fourth-order valence-electron chi connectivity index (χ4n) is 0.613. The first-order valence-corrected chi connectivity index (χ1v) is 3.58. The summed E-state index contributed by atoms with van der Waals surface area (Å²) in [7, 11) is 3.44. The smallest absolute Gasteiger partial charge is 0.129 e. The predicted octanol–water partition coefficient (Wildman–Crippen LogP) is 0.724. The van der Waals surface area contributed by atoms with Crippen LogP contribution in [0.15, 0.2) is 4.60 Å². The standard InChI is InChI=1S/C5H8BrN3O/c1-9-5(6)4(3-10-2)7-8-9/h3H2,1-2H3. The van der Waals surface area contributed by atoms with Gasteiger partial charge >= 0.3 is 0 Å². The second kappa shape index (κ2) is 3.12. The Kier molecular flexibility index (Phi) is 2.39. The van der Waals surface area contributed by atoms with Crippen LogP contribution in [0.2, 0.25) is 0 Å². The van der Waals surface area contributed by atoms with Gasteiger partial charge in [0, 0.05) is 14.2 Å². The molecule has 0 amide bonds. The predicted molar refractivity (Wildman–Crippen MR) is 39.4 cm³/mol. The van der Waals surface area contributed by atoms with E-state index in [0.29, 0.717) is 6.61 Å². The van der Waals surface area contributed by atoms with E-state index < -0.39 is 0 Å². The largest absolute Gasteiger partial charge is 0.378 e. The lowest BCUT2D eigenvalue weighted by Crippen LogP contribution is -1.90. The minimum atomic E-state index is 0.494. The van der Waals surface area contributed by atoms with Crippen LogP contribution in [-0.2, 0) is 18.4 Å². The number of ether oxygens (including phenoxy) is 1. The van der Waals surface area contributed by atoms with Gasteiger partial charge in [-0.1, -0.05) is 5.21 Å². The molecule has 0 atom stereocenters. The highest BCUT2D eigenvalue weighted by Crippen LogP contribution is 2.12. The summed E-state index contributed by atoms with van der Waals surface area (Å²) in [5.74, 6) is 0. The minimum absolute atomic E-state index is 0.494. The van der Waals surface area contributed by atoms with Gasteiger partial charge in [-0.25, -0.2) is 4.68 Å². The number of methoxy groups -OCH3 is 1. The van der Waals surface area contributed by atoms with Crippen molar-refractivity contribution in [1.29, 1.82) is 0 Å². The van der Waals surface area contributed by atoms with Crippen LogP contribution < -0.4 is 0 Å². The van der Waals surface area contributed by atoms with Gasteiger partial charge in [-0.2, -0.15) is 0 Å². The van der Waals surface area contributed by atoms with E-state index in [1.807, 2.05) is 7.05 Å². The van der Waals surface area contributed by atoms with Crippen LogP contribution in [0, 0.1) is 0 Å². The Morgan fingerprint density at radius 2 is 2.40 bits per heavy atom. The Morgan fingerprint density at radius 3 is 2.80 bits per heavy atom. The molecule has 0 saturated carbocycles. The molecule has 0 unspecified atom stereocenters. The summed E-state index contributed by atoms with van der Waals surface area (Å²) >= 11 is 3.31. The summed E-state index contributed by atoms with van der Waals surface area (Å²) < 4.78 is 7.39. The third-order valence-electron chi connectivity index (χ3n) is 1.10. The zero-order valence-corrected chi connectivity index (χ0v) is 7.42. The molecule has 0 N–H and O–H groups in total. The van der Waals surface area contributed by atoms with Gasteiger partial charge in [-0.3, -0.25) is 0 Å². The average Bonchev–Trinajstić information content (AvgIpc) is 2.20. The molecule has 5 heteroatoms. The van der Waals surface area contributed by atoms with Gasteiger partial charge in [-0.05, 0) is 15.9 Å². The van der Waals surface area contributed by atoms with Gasteiger partial charge < -0.3 is 4.74 Å². The van der Waals surface area contributed by atoms with E-state index in [2.05, 4.69) is 26.2 Å². The molecule has 0 aliphatic carbocycles. The van der Waals surface area contributed by atoms with Crippen LogP contribution in [0.25, 0.3) is 0 Å². The fraction of sp³-hybridized carbons (Fsp3) is 0.600. The molecule has 1 aromatic rings. The Morgan fingerprint density at radius 1 is 1.70 bits per heavy atom. The summed E-state index contributed by atoms with van der Waals surface area (Å²) in [5.41, 5.74) is 0.824. The third kappa shape index (κ3) is 1.35. The van der Waals surface area contributed by atoms with Gasteiger partial charge in [0.25, 0.3) is 0 Å². The normalized spacial score (nSPS) is 10.3. The van der Waals surface area contributed by atoms with Crippen molar-refractivity contribution in [3.05, 3.63) is 10.3 Å². The summed E-state index contributed by atoms with van der Waals surface area (Å²) in [5, 5.41) is 7.62. The van der Waals surface area contributed by atoms with E-state index in [4.69, 9.17) is 4.74 Å². The molecule has 0 spiro atoms. The van der Waals surface area contributed by atoms with Crippen molar-refractivity contribution >= 4 is 15.9 Å². The number of hydrogen-bond donors (Lipinski definition) is 0. The van der Waals surface area contributed by atoms with Crippen LogP contribution >= 0.6 is 15.9 Å². The second-order valence-corrected chi connectivity index (χ2v) is 2.63. The quantitative estimate of drug-likeness (QED) is 0.715. The van der Waals surface area contributed by atoms with Crippen LogP contribution in [0.1, 0.15) is 5.69 Å². The molecule has 4 nitrogen and oxygen atoms in total. The number of aromatic nitrogens is 3. The van der Waals surface area contributed by atoms with Crippen molar-refractivity contribution in [3.63, 3.8) is 0 Å². The molecule has 1 heterocycles. The first-order chi connectivity index (χ1) is 4.75. The highest BCUT2D eigenvalue weighted by molar-refractivity contribution is 9.10. The zero-order chi connectivity index (χ0) is 7.56. The first kappa shape index (κ1) is 7.68. The molecule has 0 aliphatic rings. The highest BCUT2D eigenvalue weighted by atomic mass is 79.9. The third-order valence-corrected chi connectivity index (χ3v) is 2.07. The molecule has 1 rings (SSSR count). The van der Waals surface area contributed by atoms with E-state index >= 15 is 0 Å². The molecule has 56 valence electrons. The Bertz CT molecular complexity index is 223. The molecule has 0 aromatic carbocycles. The number of aryl methyl sites for hydroxylation is 1. The Balaban J connectivity index is 2.83. The minimum Gasteiger partial charge on any atom is -0.378 e. The van der Waals surface area contributed by atoms with Crippen molar-refractivity contribution in [2.45, 2.75) is 6.61 Å². The van der Waals surface area contributed by atoms with E-state index in [0.717, 1.165) is 10.3 Å². The first-order valence-electron chi connectivity index (χ1n) is 2.78. The highest BCUT2D eigenvalue weighted by Gasteiger charge is 2.05. The molecular weight excluding hydrogens is 198 g/mol. The van der Waals surface area contributed by atoms with Crippen molar-refractivity contribution < 1.29 is 4.74 Å². The molecule has 0 fully saturated rings. The summed E-state index contributed by atoms with van der Waals surface area (Å²) in [4.78, 5) is 0. The van der Waals surface area contributed by atoms with Crippen molar-refractivity contribution in [1.82, 2.24) is 15.0 Å². The van der Waals surface area contributed by atoms with E-state index in [-0.39, 0.29) is 0 Å². The van der Waals surface area contributed by atoms with E-state index in [1.54, 1.807) is 11.8 Å². The fourth-order valence-corrected chi connectivity index (χ4v) is 0.878. The van der Waals surface area contributed by atoms with Crippen LogP contribution in [0.5, 0.6) is 0 Å². The van der Waals surface area contributed by atoms with Gasteiger partial charge in [0.2, 0.25) is 0 Å². The Hall–Kier alpha value is -0.420. The number of hydrogen-bond acceptors (Lipinski definition) is 3. The van der Waals surface area contributed by atoms with Gasteiger partial charge in [0.15, 0.2) is 0 Å². The van der Waals surface area contributed by atoms with Crippen molar-refractivity contribution in [2.75, 3.05) is 7.11 Å². The average molecular weight is 206 g/mol. The van der Waals surface area contributed by atoms with Crippen LogP contribution in [-0.4, -0.2) is 22.1 Å². The molecule has 10 heavy (non-hydrogen) atoms. The summed E-state index contributed by atoms with van der Waals surface area (Å²) in [6, 6.07) is 0. The lowest BCUT2D eigenvalue weighted by atomic mass is 10.5. The van der Waals surface area contributed by atoms with Crippen molar-refractivity contribution in [3.8, 4) is 0 Å². The molecule has 0 aliphatic heterocycles. The number of halogens is 1. The van der Waals surface area contributed by atoms with Crippen LogP contribution in [0.4, 0.5) is 0 Å². The van der Waals surface area contributed by atoms with E-state index in [9.17, 15) is 0 Å². The lowest BCUT2D eigenvalue weighted by Gasteiger charge is -1.92. The van der Waals surface area contributed by atoms with Crippen molar-refractivity contribution in [2.24, 2.45) is 7.05 Å². The van der Waals surface area contributed by atoms with Gasteiger partial charge in [0.1, 0.15) is 10.3 Å². The molecule has 0 radical (unpaired) electrons. The van der Waals surface area contributed by atoms with Gasteiger partial charge in [-0.15, -0.1) is 5.10 Å². The maximum Gasteiger partial charge on any atom is 0.129 e. The maximum absolute atomic E-state index is 4.88. The van der Waals surface area contributed by atoms with Crippen LogP contribution in [0.3, 0.4) is 0 Å².